The van der Waals surface area contributed by atoms with Crippen LogP contribution in [0.5, 0.6) is 11.5 Å². The lowest BCUT2D eigenvalue weighted by Gasteiger charge is -2.06. The zero-order valence-corrected chi connectivity index (χ0v) is 10.6. The topological polar surface area (TPSA) is 40.5 Å². The summed E-state index contributed by atoms with van der Waals surface area (Å²) in [6, 6.07) is 13.3. The van der Waals surface area contributed by atoms with E-state index in [0.29, 0.717) is 0 Å². The summed E-state index contributed by atoms with van der Waals surface area (Å²) in [7, 11) is 0. The minimum Gasteiger partial charge on any atom is -0.508 e. The molecule has 0 spiro atoms. The second-order valence-electron chi connectivity index (χ2n) is 4.66. The molecule has 2 nitrogen and oxygen atoms in total. The Hall–Kier alpha value is -1.96. The van der Waals surface area contributed by atoms with Crippen LogP contribution in [-0.4, -0.2) is 10.2 Å². The maximum Gasteiger partial charge on any atom is 0.122 e. The van der Waals surface area contributed by atoms with Gasteiger partial charge >= 0.3 is 0 Å². The average molecular weight is 242 g/mol. The van der Waals surface area contributed by atoms with Crippen molar-refractivity contribution >= 4 is 0 Å². The lowest BCUT2D eigenvalue weighted by atomic mass is 10.0. The fourth-order valence-corrected chi connectivity index (χ4v) is 2.11. The highest BCUT2D eigenvalue weighted by atomic mass is 16.3. The summed E-state index contributed by atoms with van der Waals surface area (Å²) in [5.74, 6) is 0.286. The van der Waals surface area contributed by atoms with Crippen molar-refractivity contribution < 1.29 is 10.2 Å². The second kappa shape index (κ2) is 5.58. The lowest BCUT2D eigenvalue weighted by molar-refractivity contribution is 0.445. The van der Waals surface area contributed by atoms with Gasteiger partial charge in [-0.2, -0.15) is 0 Å². The number of phenolic OH excluding ortho intramolecular Hbond substituents is 2. The van der Waals surface area contributed by atoms with Gasteiger partial charge in [-0.25, -0.2) is 0 Å². The molecule has 18 heavy (non-hydrogen) atoms. The number of aryl methyl sites for hydroxylation is 3. The van der Waals surface area contributed by atoms with E-state index in [4.69, 9.17) is 0 Å². The molecular formula is C16H18O2. The SMILES string of the molecule is Cc1cccc(CCCc2ccc(O)cc2O)c1. The van der Waals surface area contributed by atoms with Crippen LogP contribution in [0.15, 0.2) is 42.5 Å². The molecule has 0 atom stereocenters. The van der Waals surface area contributed by atoms with E-state index >= 15 is 0 Å². The van der Waals surface area contributed by atoms with Crippen molar-refractivity contribution in [3.8, 4) is 11.5 Å². The van der Waals surface area contributed by atoms with Gasteiger partial charge in [0.25, 0.3) is 0 Å². The quantitative estimate of drug-likeness (QED) is 0.860. The first-order valence-corrected chi connectivity index (χ1v) is 6.21. The lowest BCUT2D eigenvalue weighted by Crippen LogP contribution is -1.91. The monoisotopic (exact) mass is 242 g/mol. The van der Waals surface area contributed by atoms with Gasteiger partial charge in [-0.05, 0) is 43.4 Å². The molecule has 2 aromatic rings. The fourth-order valence-electron chi connectivity index (χ4n) is 2.11. The normalized spacial score (nSPS) is 10.5. The maximum atomic E-state index is 9.67. The standard InChI is InChI=1S/C16H18O2/c1-12-4-2-5-13(10-12)6-3-7-14-8-9-15(17)11-16(14)18/h2,4-5,8-11,17-18H,3,6-7H2,1H3. The Balaban J connectivity index is 1.92. The van der Waals surface area contributed by atoms with E-state index in [9.17, 15) is 10.2 Å². The molecule has 0 radical (unpaired) electrons. The van der Waals surface area contributed by atoms with Crippen molar-refractivity contribution in [2.45, 2.75) is 26.2 Å². The van der Waals surface area contributed by atoms with E-state index in [0.717, 1.165) is 24.8 Å². The minimum absolute atomic E-state index is 0.106. The molecule has 0 amide bonds. The van der Waals surface area contributed by atoms with Crippen molar-refractivity contribution in [3.05, 3.63) is 59.2 Å². The van der Waals surface area contributed by atoms with Crippen molar-refractivity contribution in [2.75, 3.05) is 0 Å². The van der Waals surface area contributed by atoms with Crippen LogP contribution in [0.25, 0.3) is 0 Å². The van der Waals surface area contributed by atoms with E-state index in [1.54, 1.807) is 12.1 Å². The van der Waals surface area contributed by atoms with E-state index in [2.05, 4.69) is 31.2 Å². The Morgan fingerprint density at radius 3 is 2.50 bits per heavy atom. The zero-order chi connectivity index (χ0) is 13.0. The number of hydrogen-bond donors (Lipinski definition) is 2. The molecule has 2 heteroatoms. The molecule has 0 aromatic heterocycles. The van der Waals surface area contributed by atoms with Crippen LogP contribution in [0.4, 0.5) is 0 Å². The first-order chi connectivity index (χ1) is 8.65. The fraction of sp³-hybridized carbons (Fsp3) is 0.250. The molecule has 2 aromatic carbocycles. The summed E-state index contributed by atoms with van der Waals surface area (Å²) in [5.41, 5.74) is 3.49. The predicted molar refractivity (Wildman–Crippen MR) is 73.0 cm³/mol. The maximum absolute atomic E-state index is 9.67. The van der Waals surface area contributed by atoms with Crippen LogP contribution in [0.1, 0.15) is 23.1 Å². The first kappa shape index (κ1) is 12.5. The Morgan fingerprint density at radius 2 is 1.78 bits per heavy atom. The van der Waals surface area contributed by atoms with Crippen molar-refractivity contribution in [1.82, 2.24) is 0 Å². The molecule has 2 rings (SSSR count). The largest absolute Gasteiger partial charge is 0.508 e. The van der Waals surface area contributed by atoms with Gasteiger partial charge in [-0.3, -0.25) is 0 Å². The Kier molecular flexibility index (Phi) is 3.88. The van der Waals surface area contributed by atoms with E-state index in [1.807, 2.05) is 0 Å². The van der Waals surface area contributed by atoms with E-state index in [1.165, 1.54) is 17.2 Å². The highest BCUT2D eigenvalue weighted by molar-refractivity contribution is 5.39. The second-order valence-corrected chi connectivity index (χ2v) is 4.66. The Morgan fingerprint density at radius 1 is 0.944 bits per heavy atom. The molecule has 0 aliphatic carbocycles. The van der Waals surface area contributed by atoms with Gasteiger partial charge in [0, 0.05) is 6.07 Å². The average Bonchev–Trinajstić information content (AvgIpc) is 2.32. The summed E-state index contributed by atoms with van der Waals surface area (Å²) in [4.78, 5) is 0. The third kappa shape index (κ3) is 3.27. The third-order valence-corrected chi connectivity index (χ3v) is 3.06. The zero-order valence-electron chi connectivity index (χ0n) is 10.6. The summed E-state index contributed by atoms with van der Waals surface area (Å²) in [6.07, 6.45) is 2.81. The van der Waals surface area contributed by atoms with Crippen LogP contribution in [-0.2, 0) is 12.8 Å². The van der Waals surface area contributed by atoms with Crippen molar-refractivity contribution in [3.63, 3.8) is 0 Å². The van der Waals surface area contributed by atoms with E-state index < -0.39 is 0 Å². The summed E-state index contributed by atoms with van der Waals surface area (Å²) in [6.45, 7) is 2.09. The Bertz CT molecular complexity index is 532. The molecule has 0 fully saturated rings. The van der Waals surface area contributed by atoms with Gasteiger partial charge in [0.2, 0.25) is 0 Å². The molecule has 0 saturated carbocycles. The number of benzene rings is 2. The van der Waals surface area contributed by atoms with Gasteiger partial charge in [0.05, 0.1) is 0 Å². The molecule has 0 heterocycles. The molecule has 2 N–H and O–H groups in total. The molecular weight excluding hydrogens is 224 g/mol. The third-order valence-electron chi connectivity index (χ3n) is 3.06. The number of aromatic hydroxyl groups is 2. The van der Waals surface area contributed by atoms with Gasteiger partial charge in [-0.15, -0.1) is 0 Å². The van der Waals surface area contributed by atoms with Crippen LogP contribution in [0.2, 0.25) is 0 Å². The van der Waals surface area contributed by atoms with Gasteiger partial charge < -0.3 is 10.2 Å². The summed E-state index contributed by atoms with van der Waals surface area (Å²) >= 11 is 0. The van der Waals surface area contributed by atoms with Crippen LogP contribution < -0.4 is 0 Å². The highest BCUT2D eigenvalue weighted by Crippen LogP contribution is 2.24. The smallest absolute Gasteiger partial charge is 0.122 e. The Labute approximate surface area is 108 Å². The number of rotatable bonds is 4. The van der Waals surface area contributed by atoms with Crippen LogP contribution in [0.3, 0.4) is 0 Å². The molecule has 0 unspecified atom stereocenters. The van der Waals surface area contributed by atoms with Gasteiger partial charge in [0.1, 0.15) is 11.5 Å². The molecule has 0 bridgehead atoms. The minimum atomic E-state index is 0.106. The molecule has 0 aliphatic heterocycles. The van der Waals surface area contributed by atoms with Crippen molar-refractivity contribution in [2.24, 2.45) is 0 Å². The highest BCUT2D eigenvalue weighted by Gasteiger charge is 2.02. The molecule has 0 saturated heterocycles. The van der Waals surface area contributed by atoms with Crippen LogP contribution >= 0.6 is 0 Å². The van der Waals surface area contributed by atoms with Gasteiger partial charge in [-0.1, -0.05) is 35.9 Å². The molecule has 94 valence electrons. The first-order valence-electron chi connectivity index (χ1n) is 6.21. The summed E-state index contributed by atoms with van der Waals surface area (Å²) < 4.78 is 0. The number of phenols is 2. The predicted octanol–water partition coefficient (Wildman–Crippen LogP) is 3.58. The summed E-state index contributed by atoms with van der Waals surface area (Å²) in [5, 5.41) is 18.9. The van der Waals surface area contributed by atoms with Crippen molar-refractivity contribution in [1.29, 1.82) is 0 Å². The van der Waals surface area contributed by atoms with E-state index in [-0.39, 0.29) is 11.5 Å². The number of hydrogen-bond acceptors (Lipinski definition) is 2. The van der Waals surface area contributed by atoms with Crippen LogP contribution in [0, 0.1) is 6.92 Å². The molecule has 0 aliphatic rings. The van der Waals surface area contributed by atoms with Gasteiger partial charge in [0.15, 0.2) is 0 Å².